The van der Waals surface area contributed by atoms with Crippen molar-refractivity contribution in [2.45, 2.75) is 0 Å². The predicted molar refractivity (Wildman–Crippen MR) is 46.8 cm³/mol. The van der Waals surface area contributed by atoms with Gasteiger partial charge in [-0.05, 0) is 0 Å². The van der Waals surface area contributed by atoms with Gasteiger partial charge in [0.15, 0.2) is 0 Å². The van der Waals surface area contributed by atoms with Crippen molar-refractivity contribution < 1.29 is 24.0 Å². The molecular weight excluding hydrogens is 206 g/mol. The van der Waals surface area contributed by atoms with E-state index in [0.717, 1.165) is 12.4 Å². The van der Waals surface area contributed by atoms with Crippen molar-refractivity contribution in [1.29, 1.82) is 0 Å². The number of carbonyl (C=O) groups is 3. The number of hydrogen-bond acceptors (Lipinski definition) is 5. The predicted octanol–water partition coefficient (Wildman–Crippen LogP) is -1.57. The number of rotatable bonds is 1. The summed E-state index contributed by atoms with van der Waals surface area (Å²) in [6.45, 7) is 0. The fourth-order valence-electron chi connectivity index (χ4n) is 1.11. The van der Waals surface area contributed by atoms with E-state index in [0.29, 0.717) is 0 Å². The summed E-state index contributed by atoms with van der Waals surface area (Å²) in [4.78, 5) is 36.6. The molecule has 15 heavy (non-hydrogen) atoms. The molecule has 1 atom stereocenters. The van der Waals surface area contributed by atoms with Gasteiger partial charge in [0.05, 0.1) is 6.20 Å². The number of nitrogens with one attached hydrogen (secondary N) is 1. The standard InChI is InChI=1S/C6H7N5O4/c7-3(12)4-9-1-2-11(4,6(14)15)5(13)10-8/h1-2H,(H5-,7,8,9,10,12,13,14,15)/p+1. The Morgan fingerprint density at radius 3 is 2.47 bits per heavy atom. The van der Waals surface area contributed by atoms with Crippen LogP contribution in [0.3, 0.4) is 0 Å². The van der Waals surface area contributed by atoms with Gasteiger partial charge < -0.3 is 10.8 Å². The van der Waals surface area contributed by atoms with Crippen LogP contribution in [0.15, 0.2) is 17.4 Å². The Hall–Kier alpha value is -2.26. The highest BCUT2D eigenvalue weighted by Gasteiger charge is 2.54. The van der Waals surface area contributed by atoms with E-state index >= 15 is 0 Å². The second kappa shape index (κ2) is 3.48. The highest BCUT2D eigenvalue weighted by atomic mass is 16.4. The summed E-state index contributed by atoms with van der Waals surface area (Å²) >= 11 is 0. The molecule has 0 fully saturated rings. The number of amides is 4. The molecule has 0 saturated carbocycles. The quantitative estimate of drug-likeness (QED) is 0.180. The topological polar surface area (TPSA) is 148 Å². The Balaban J connectivity index is 3.31. The molecule has 1 unspecified atom stereocenters. The SMILES string of the molecule is NNC(=O)[N+]1(C(=O)O)C=CN=C1C(N)=O. The third kappa shape index (κ3) is 1.35. The Kier molecular flexibility index (Phi) is 2.51. The third-order valence-electron chi connectivity index (χ3n) is 1.79. The van der Waals surface area contributed by atoms with Crippen LogP contribution in [0.2, 0.25) is 0 Å². The lowest BCUT2D eigenvalue weighted by atomic mass is 10.4. The first-order valence-electron chi connectivity index (χ1n) is 3.66. The fourth-order valence-corrected chi connectivity index (χ4v) is 1.11. The number of quaternary nitrogens is 1. The molecule has 0 aromatic heterocycles. The molecular formula is C6H8N5O4+. The molecule has 80 valence electrons. The van der Waals surface area contributed by atoms with Crippen molar-refractivity contribution in [3.8, 4) is 0 Å². The second-order valence-electron chi connectivity index (χ2n) is 2.57. The van der Waals surface area contributed by atoms with Crippen LogP contribution in [0.1, 0.15) is 0 Å². The minimum absolute atomic E-state index is 0.634. The van der Waals surface area contributed by atoms with Crippen LogP contribution in [-0.4, -0.2) is 33.5 Å². The minimum Gasteiger partial charge on any atom is -0.434 e. The molecule has 0 spiro atoms. The summed E-state index contributed by atoms with van der Waals surface area (Å²) < 4.78 is -1.48. The van der Waals surface area contributed by atoms with Gasteiger partial charge in [-0.15, -0.1) is 0 Å². The van der Waals surface area contributed by atoms with Gasteiger partial charge in [0, 0.05) is 0 Å². The molecule has 0 aromatic carbocycles. The van der Waals surface area contributed by atoms with Gasteiger partial charge in [0.25, 0.3) is 0 Å². The second-order valence-corrected chi connectivity index (χ2v) is 2.57. The minimum atomic E-state index is -1.63. The molecule has 1 aliphatic rings. The Labute approximate surface area is 83.2 Å². The summed E-state index contributed by atoms with van der Waals surface area (Å²) in [5.41, 5.74) is 6.52. The lowest BCUT2D eigenvalue weighted by Crippen LogP contribution is -2.63. The first-order valence-corrected chi connectivity index (χ1v) is 3.66. The van der Waals surface area contributed by atoms with Crippen LogP contribution in [0.5, 0.6) is 0 Å². The van der Waals surface area contributed by atoms with E-state index in [2.05, 4.69) is 4.99 Å². The van der Waals surface area contributed by atoms with Gasteiger partial charge in [-0.3, -0.25) is 4.79 Å². The van der Waals surface area contributed by atoms with E-state index in [9.17, 15) is 14.4 Å². The van der Waals surface area contributed by atoms with E-state index in [1.807, 2.05) is 0 Å². The molecule has 9 nitrogen and oxygen atoms in total. The number of nitrogens with zero attached hydrogens (tertiary/aromatic N) is 2. The van der Waals surface area contributed by atoms with Crippen LogP contribution in [0.25, 0.3) is 0 Å². The summed E-state index contributed by atoms with van der Waals surface area (Å²) in [6, 6.07) is -1.14. The van der Waals surface area contributed by atoms with Gasteiger partial charge in [0.2, 0.25) is 0 Å². The molecule has 0 bridgehead atoms. The van der Waals surface area contributed by atoms with Gasteiger partial charge >= 0.3 is 23.9 Å². The molecule has 1 aliphatic heterocycles. The molecule has 9 heteroatoms. The van der Waals surface area contributed by atoms with Gasteiger partial charge in [-0.1, -0.05) is 4.48 Å². The average Bonchev–Trinajstić information content (AvgIpc) is 2.61. The first kappa shape index (κ1) is 10.8. The van der Waals surface area contributed by atoms with Crippen LogP contribution < -0.4 is 17.0 Å². The largest absolute Gasteiger partial charge is 0.534 e. The number of hydrazine groups is 1. The van der Waals surface area contributed by atoms with Crippen molar-refractivity contribution in [2.75, 3.05) is 0 Å². The van der Waals surface area contributed by atoms with Crippen LogP contribution in [0.4, 0.5) is 9.59 Å². The van der Waals surface area contributed by atoms with Crippen molar-refractivity contribution in [1.82, 2.24) is 5.43 Å². The van der Waals surface area contributed by atoms with Crippen molar-refractivity contribution in [2.24, 2.45) is 16.6 Å². The van der Waals surface area contributed by atoms with Crippen molar-refractivity contribution >= 4 is 23.9 Å². The molecule has 1 rings (SSSR count). The van der Waals surface area contributed by atoms with Crippen LogP contribution in [0, 0.1) is 0 Å². The highest BCUT2D eigenvalue weighted by Crippen LogP contribution is 2.17. The maximum absolute atomic E-state index is 11.3. The number of carbonyl (C=O) groups excluding carboxylic acids is 2. The van der Waals surface area contributed by atoms with E-state index in [4.69, 9.17) is 16.7 Å². The van der Waals surface area contributed by atoms with Crippen LogP contribution >= 0.6 is 0 Å². The third-order valence-corrected chi connectivity index (χ3v) is 1.79. The number of amidine groups is 1. The van der Waals surface area contributed by atoms with E-state index in [1.165, 1.54) is 0 Å². The number of urea groups is 1. The average molecular weight is 214 g/mol. The first-order chi connectivity index (χ1) is 6.96. The zero-order chi connectivity index (χ0) is 11.6. The maximum atomic E-state index is 11.3. The Morgan fingerprint density at radius 1 is 1.47 bits per heavy atom. The van der Waals surface area contributed by atoms with Crippen LogP contribution in [-0.2, 0) is 4.79 Å². The zero-order valence-corrected chi connectivity index (χ0v) is 7.38. The monoisotopic (exact) mass is 214 g/mol. The van der Waals surface area contributed by atoms with E-state index < -0.39 is 28.4 Å². The normalized spacial score (nSPS) is 23.4. The Bertz CT molecular complexity index is 400. The highest BCUT2D eigenvalue weighted by molar-refractivity contribution is 6.38. The molecule has 0 aliphatic carbocycles. The number of aliphatic imine (C=N–C) groups is 1. The van der Waals surface area contributed by atoms with Crippen molar-refractivity contribution in [3.05, 3.63) is 12.4 Å². The number of imide groups is 1. The Morgan fingerprint density at radius 2 is 2.07 bits per heavy atom. The lowest BCUT2D eigenvalue weighted by Gasteiger charge is -2.19. The molecule has 0 saturated heterocycles. The van der Waals surface area contributed by atoms with Gasteiger partial charge in [-0.25, -0.2) is 16.1 Å². The van der Waals surface area contributed by atoms with Gasteiger partial charge in [-0.2, -0.15) is 9.79 Å². The summed E-state index contributed by atoms with van der Waals surface area (Å²) in [5, 5.41) is 8.90. The molecule has 4 amide bonds. The number of nitrogens with two attached hydrogens (primary N) is 2. The fraction of sp³-hybridized carbons (Fsp3) is 0. The number of carboxylic acid groups (broad SMARTS) is 1. The zero-order valence-electron chi connectivity index (χ0n) is 7.38. The number of hydrogen-bond donors (Lipinski definition) is 4. The summed E-state index contributed by atoms with van der Waals surface area (Å²) in [7, 11) is 0. The molecule has 6 N–H and O–H groups in total. The lowest BCUT2D eigenvalue weighted by molar-refractivity contribution is -0.614. The molecule has 1 heterocycles. The van der Waals surface area contributed by atoms with E-state index in [-0.39, 0.29) is 0 Å². The molecule has 0 radical (unpaired) electrons. The maximum Gasteiger partial charge on any atom is 0.534 e. The number of primary amides is 1. The van der Waals surface area contributed by atoms with Crippen molar-refractivity contribution in [3.63, 3.8) is 0 Å². The molecule has 0 aromatic rings. The van der Waals surface area contributed by atoms with E-state index in [1.54, 1.807) is 5.43 Å². The summed E-state index contributed by atoms with van der Waals surface area (Å²) in [5.74, 6) is 3.06. The smallest absolute Gasteiger partial charge is 0.434 e. The summed E-state index contributed by atoms with van der Waals surface area (Å²) in [6.07, 6.45) is 0.234. The van der Waals surface area contributed by atoms with Gasteiger partial charge in [0.1, 0.15) is 6.20 Å².